The molecule has 0 saturated carbocycles. The van der Waals surface area contributed by atoms with E-state index in [-0.39, 0.29) is 0 Å². The number of hydrogen-bond acceptors (Lipinski definition) is 4. The predicted octanol–water partition coefficient (Wildman–Crippen LogP) is 5.73. The van der Waals surface area contributed by atoms with Crippen LogP contribution in [0.1, 0.15) is 16.3 Å². The Labute approximate surface area is 147 Å². The van der Waals surface area contributed by atoms with Crippen molar-refractivity contribution in [1.82, 2.24) is 9.97 Å². The summed E-state index contributed by atoms with van der Waals surface area (Å²) < 4.78 is 0. The molecule has 112 valence electrons. The highest BCUT2D eigenvalue weighted by Gasteiger charge is 2.06. The van der Waals surface area contributed by atoms with Crippen LogP contribution < -0.4 is 0 Å². The van der Waals surface area contributed by atoms with Crippen molar-refractivity contribution in [3.05, 3.63) is 74.3 Å². The van der Waals surface area contributed by atoms with Crippen molar-refractivity contribution in [2.75, 3.05) is 0 Å². The predicted molar refractivity (Wildman–Crippen MR) is 95.2 cm³/mol. The Morgan fingerprint density at radius 1 is 1.09 bits per heavy atom. The smallest absolute Gasteiger partial charge is 0.0972 e. The van der Waals surface area contributed by atoms with Gasteiger partial charge in [0.05, 0.1) is 25.8 Å². The minimum absolute atomic E-state index is 0.581. The van der Waals surface area contributed by atoms with Gasteiger partial charge in [-0.15, -0.1) is 23.1 Å². The van der Waals surface area contributed by atoms with Crippen LogP contribution in [0.15, 0.2) is 53.0 Å². The van der Waals surface area contributed by atoms with E-state index in [1.165, 1.54) is 0 Å². The molecule has 2 heterocycles. The SMILES string of the molecule is Clc1ccc(Cc2nc(CSc3ccccn3)cs2)cc1Cl. The van der Waals surface area contributed by atoms with Gasteiger partial charge in [0.15, 0.2) is 0 Å². The molecule has 0 amide bonds. The molecule has 3 rings (SSSR count). The van der Waals surface area contributed by atoms with Gasteiger partial charge < -0.3 is 0 Å². The summed E-state index contributed by atoms with van der Waals surface area (Å²) in [6.07, 6.45) is 2.58. The number of halogens is 2. The summed E-state index contributed by atoms with van der Waals surface area (Å²) in [5.41, 5.74) is 2.20. The van der Waals surface area contributed by atoms with Crippen molar-refractivity contribution >= 4 is 46.3 Å². The van der Waals surface area contributed by atoms with E-state index in [0.29, 0.717) is 10.0 Å². The molecular weight excluding hydrogens is 355 g/mol. The lowest BCUT2D eigenvalue weighted by Gasteiger charge is -2.01. The Hall–Kier alpha value is -1.07. The van der Waals surface area contributed by atoms with Gasteiger partial charge in [0.2, 0.25) is 0 Å². The van der Waals surface area contributed by atoms with Gasteiger partial charge in [0.1, 0.15) is 0 Å². The molecule has 0 aliphatic carbocycles. The zero-order valence-corrected chi connectivity index (χ0v) is 14.6. The van der Waals surface area contributed by atoms with Crippen molar-refractivity contribution in [2.45, 2.75) is 17.2 Å². The number of thiazole rings is 1. The van der Waals surface area contributed by atoms with Crippen LogP contribution in [0.3, 0.4) is 0 Å². The molecule has 0 aliphatic rings. The number of nitrogens with zero attached hydrogens (tertiary/aromatic N) is 2. The molecule has 0 atom stereocenters. The van der Waals surface area contributed by atoms with Crippen LogP contribution in [0.2, 0.25) is 10.0 Å². The van der Waals surface area contributed by atoms with E-state index < -0.39 is 0 Å². The van der Waals surface area contributed by atoms with Gasteiger partial charge >= 0.3 is 0 Å². The van der Waals surface area contributed by atoms with Gasteiger partial charge in [-0.2, -0.15) is 0 Å². The Morgan fingerprint density at radius 2 is 2.00 bits per heavy atom. The number of aromatic nitrogens is 2. The fourth-order valence-electron chi connectivity index (χ4n) is 1.90. The maximum atomic E-state index is 6.04. The molecule has 0 saturated heterocycles. The third-order valence-electron chi connectivity index (χ3n) is 2.94. The van der Waals surface area contributed by atoms with E-state index in [4.69, 9.17) is 23.2 Å². The molecule has 2 nitrogen and oxygen atoms in total. The molecule has 2 aromatic heterocycles. The molecule has 0 spiro atoms. The summed E-state index contributed by atoms with van der Waals surface area (Å²) in [5, 5.41) is 5.36. The van der Waals surface area contributed by atoms with E-state index in [0.717, 1.165) is 33.5 Å². The Kier molecular flexibility index (Phi) is 5.37. The third-order valence-corrected chi connectivity index (χ3v) is 5.56. The molecule has 0 aliphatic heterocycles. The maximum absolute atomic E-state index is 6.04. The largest absolute Gasteiger partial charge is 0.250 e. The van der Waals surface area contributed by atoms with Crippen LogP contribution in [0.4, 0.5) is 0 Å². The molecule has 1 aromatic carbocycles. The quantitative estimate of drug-likeness (QED) is 0.539. The van der Waals surface area contributed by atoms with Crippen molar-refractivity contribution in [2.24, 2.45) is 0 Å². The molecule has 3 aromatic rings. The van der Waals surface area contributed by atoms with Gasteiger partial charge in [0.25, 0.3) is 0 Å². The summed E-state index contributed by atoms with van der Waals surface area (Å²) in [7, 11) is 0. The van der Waals surface area contributed by atoms with Crippen LogP contribution in [-0.2, 0) is 12.2 Å². The van der Waals surface area contributed by atoms with Gasteiger partial charge in [-0.05, 0) is 29.8 Å². The van der Waals surface area contributed by atoms with Gasteiger partial charge in [-0.25, -0.2) is 9.97 Å². The average Bonchev–Trinajstić information content (AvgIpc) is 2.97. The van der Waals surface area contributed by atoms with E-state index >= 15 is 0 Å². The molecule has 0 fully saturated rings. The maximum Gasteiger partial charge on any atom is 0.0972 e. The second-order valence-corrected chi connectivity index (χ2v) is 7.37. The average molecular weight is 367 g/mol. The fraction of sp³-hybridized carbons (Fsp3) is 0.125. The van der Waals surface area contributed by atoms with E-state index in [9.17, 15) is 0 Å². The number of pyridine rings is 1. The lowest BCUT2D eigenvalue weighted by Crippen LogP contribution is -1.89. The van der Waals surface area contributed by atoms with Crippen molar-refractivity contribution in [3.63, 3.8) is 0 Å². The second kappa shape index (κ2) is 7.47. The van der Waals surface area contributed by atoms with Crippen LogP contribution in [0.25, 0.3) is 0 Å². The Morgan fingerprint density at radius 3 is 2.77 bits per heavy atom. The number of hydrogen-bond donors (Lipinski definition) is 0. The van der Waals surface area contributed by atoms with Crippen LogP contribution in [0.5, 0.6) is 0 Å². The number of rotatable bonds is 5. The zero-order chi connectivity index (χ0) is 15.4. The molecule has 6 heteroatoms. The monoisotopic (exact) mass is 366 g/mol. The lowest BCUT2D eigenvalue weighted by atomic mass is 10.2. The fourth-order valence-corrected chi connectivity index (χ4v) is 3.91. The summed E-state index contributed by atoms with van der Waals surface area (Å²) in [5.74, 6) is 0.828. The van der Waals surface area contributed by atoms with Crippen LogP contribution in [-0.4, -0.2) is 9.97 Å². The highest BCUT2D eigenvalue weighted by atomic mass is 35.5. The van der Waals surface area contributed by atoms with E-state index in [1.54, 1.807) is 29.3 Å². The van der Waals surface area contributed by atoms with Gasteiger partial charge in [0, 0.05) is 23.8 Å². The Balaban J connectivity index is 1.62. The van der Waals surface area contributed by atoms with Gasteiger partial charge in [-0.1, -0.05) is 35.3 Å². The molecule has 22 heavy (non-hydrogen) atoms. The normalized spacial score (nSPS) is 10.8. The first-order valence-electron chi connectivity index (χ1n) is 6.62. The van der Waals surface area contributed by atoms with Gasteiger partial charge in [-0.3, -0.25) is 0 Å². The minimum Gasteiger partial charge on any atom is -0.250 e. The highest BCUT2D eigenvalue weighted by Crippen LogP contribution is 2.26. The first-order valence-corrected chi connectivity index (χ1v) is 9.24. The summed E-state index contributed by atoms with van der Waals surface area (Å²) in [6.45, 7) is 0. The molecule has 0 bridgehead atoms. The zero-order valence-electron chi connectivity index (χ0n) is 11.5. The first kappa shape index (κ1) is 15.8. The highest BCUT2D eigenvalue weighted by molar-refractivity contribution is 7.98. The van der Waals surface area contributed by atoms with Crippen molar-refractivity contribution in [1.29, 1.82) is 0 Å². The van der Waals surface area contributed by atoms with E-state index in [2.05, 4.69) is 15.3 Å². The molecule has 0 unspecified atom stereocenters. The molecule has 0 radical (unpaired) electrons. The van der Waals surface area contributed by atoms with Crippen LogP contribution in [0, 0.1) is 0 Å². The second-order valence-electron chi connectivity index (χ2n) is 4.61. The summed E-state index contributed by atoms with van der Waals surface area (Å²) in [4.78, 5) is 8.96. The van der Waals surface area contributed by atoms with Crippen LogP contribution >= 0.6 is 46.3 Å². The summed E-state index contributed by atoms with van der Waals surface area (Å²) in [6, 6.07) is 11.6. The molecule has 0 N–H and O–H groups in total. The standard InChI is InChI=1S/C16H12Cl2N2S2/c17-13-5-4-11(7-14(13)18)8-16-20-12(10-22-16)9-21-15-3-1-2-6-19-15/h1-7,10H,8-9H2. The number of thioether (sulfide) groups is 1. The first-order chi connectivity index (χ1) is 10.7. The lowest BCUT2D eigenvalue weighted by molar-refractivity contribution is 1.08. The summed E-state index contributed by atoms with van der Waals surface area (Å²) >= 11 is 15.3. The topological polar surface area (TPSA) is 25.8 Å². The number of benzene rings is 1. The van der Waals surface area contributed by atoms with E-state index in [1.807, 2.05) is 36.4 Å². The minimum atomic E-state index is 0.581. The van der Waals surface area contributed by atoms with Crippen molar-refractivity contribution < 1.29 is 0 Å². The third kappa shape index (κ3) is 4.23. The molecular formula is C16H12Cl2N2S2. The Bertz CT molecular complexity index is 760. The van der Waals surface area contributed by atoms with Crippen molar-refractivity contribution in [3.8, 4) is 0 Å².